The standard InChI is InChI=1S/C20H33N5O3/c1-6-21-18(24-14-13-22-15(2)26)23-12-11-16-7-9-17(10-8-16)25-19(27)28-20(3,4)5/h7-10H,6,11-14H2,1-5H3,(H,22,26)(H,25,27)(H2,21,23,24). The monoisotopic (exact) mass is 391 g/mol. The third kappa shape index (κ3) is 11.1. The fourth-order valence-corrected chi connectivity index (χ4v) is 2.23. The third-order valence-electron chi connectivity index (χ3n) is 3.41. The minimum Gasteiger partial charge on any atom is -0.444 e. The molecule has 0 aliphatic heterocycles. The lowest BCUT2D eigenvalue weighted by molar-refractivity contribution is -0.118. The Morgan fingerprint density at radius 2 is 1.68 bits per heavy atom. The molecular weight excluding hydrogens is 358 g/mol. The maximum atomic E-state index is 11.8. The molecular formula is C20H33N5O3. The first-order valence-electron chi connectivity index (χ1n) is 9.55. The number of rotatable bonds is 8. The number of anilines is 1. The van der Waals surface area contributed by atoms with Crippen molar-refractivity contribution in [1.29, 1.82) is 0 Å². The lowest BCUT2D eigenvalue weighted by Crippen LogP contribution is -2.41. The number of carbonyl (C=O) groups is 2. The zero-order valence-electron chi connectivity index (χ0n) is 17.5. The molecule has 0 saturated carbocycles. The fourth-order valence-electron chi connectivity index (χ4n) is 2.23. The summed E-state index contributed by atoms with van der Waals surface area (Å²) in [5, 5.41) is 11.8. The summed E-state index contributed by atoms with van der Waals surface area (Å²) in [6, 6.07) is 7.61. The smallest absolute Gasteiger partial charge is 0.412 e. The van der Waals surface area contributed by atoms with E-state index in [-0.39, 0.29) is 5.91 Å². The zero-order valence-corrected chi connectivity index (χ0v) is 17.5. The van der Waals surface area contributed by atoms with E-state index >= 15 is 0 Å². The maximum Gasteiger partial charge on any atom is 0.412 e. The normalized spacial score (nSPS) is 11.5. The number of ether oxygens (including phenoxy) is 1. The van der Waals surface area contributed by atoms with Gasteiger partial charge in [0.05, 0.1) is 0 Å². The van der Waals surface area contributed by atoms with Crippen LogP contribution in [0.15, 0.2) is 29.3 Å². The quantitative estimate of drug-likeness (QED) is 0.309. The van der Waals surface area contributed by atoms with Gasteiger partial charge in [-0.15, -0.1) is 0 Å². The summed E-state index contributed by atoms with van der Waals surface area (Å²) in [4.78, 5) is 27.2. The summed E-state index contributed by atoms with van der Waals surface area (Å²) >= 11 is 0. The van der Waals surface area contributed by atoms with Gasteiger partial charge in [-0.2, -0.15) is 0 Å². The Morgan fingerprint density at radius 3 is 2.25 bits per heavy atom. The van der Waals surface area contributed by atoms with Crippen molar-refractivity contribution in [2.75, 3.05) is 31.5 Å². The molecule has 0 unspecified atom stereocenters. The Kier molecular flexibility index (Phi) is 9.84. The zero-order chi connectivity index (χ0) is 21.0. The Balaban J connectivity index is 2.46. The summed E-state index contributed by atoms with van der Waals surface area (Å²) in [6.45, 7) is 11.5. The number of nitrogens with one attached hydrogen (secondary N) is 4. The Morgan fingerprint density at radius 1 is 1.04 bits per heavy atom. The Hall–Kier alpha value is -2.77. The molecule has 0 saturated heterocycles. The largest absolute Gasteiger partial charge is 0.444 e. The molecule has 0 fully saturated rings. The number of hydrogen-bond donors (Lipinski definition) is 4. The summed E-state index contributed by atoms with van der Waals surface area (Å²) in [5.41, 5.74) is 1.28. The van der Waals surface area contributed by atoms with Crippen LogP contribution in [0.3, 0.4) is 0 Å². The molecule has 0 bridgehead atoms. The molecule has 0 aliphatic carbocycles. The summed E-state index contributed by atoms with van der Waals surface area (Å²) in [5.74, 6) is 0.671. The average Bonchev–Trinajstić information content (AvgIpc) is 2.58. The molecule has 0 radical (unpaired) electrons. The molecule has 1 rings (SSSR count). The minimum absolute atomic E-state index is 0.0478. The van der Waals surface area contributed by atoms with Gasteiger partial charge in [0.25, 0.3) is 0 Å². The predicted molar refractivity (Wildman–Crippen MR) is 113 cm³/mol. The van der Waals surface area contributed by atoms with E-state index in [9.17, 15) is 9.59 Å². The van der Waals surface area contributed by atoms with Gasteiger partial charge < -0.3 is 20.7 Å². The third-order valence-corrected chi connectivity index (χ3v) is 3.41. The van der Waals surface area contributed by atoms with E-state index in [2.05, 4.69) is 26.3 Å². The van der Waals surface area contributed by atoms with Crippen LogP contribution in [-0.4, -0.2) is 49.7 Å². The summed E-state index contributed by atoms with van der Waals surface area (Å²) in [7, 11) is 0. The molecule has 28 heavy (non-hydrogen) atoms. The number of benzene rings is 1. The van der Waals surface area contributed by atoms with Crippen molar-refractivity contribution in [3.05, 3.63) is 29.8 Å². The molecule has 0 heterocycles. The Bertz CT molecular complexity index is 651. The van der Waals surface area contributed by atoms with E-state index < -0.39 is 11.7 Å². The molecule has 0 aliphatic rings. The van der Waals surface area contributed by atoms with Crippen LogP contribution in [0.1, 0.15) is 40.2 Å². The van der Waals surface area contributed by atoms with Crippen molar-refractivity contribution in [2.24, 2.45) is 4.99 Å². The van der Waals surface area contributed by atoms with E-state index in [0.717, 1.165) is 24.5 Å². The molecule has 8 heteroatoms. The van der Waals surface area contributed by atoms with Crippen LogP contribution in [0.5, 0.6) is 0 Å². The van der Waals surface area contributed by atoms with Crippen LogP contribution >= 0.6 is 0 Å². The van der Waals surface area contributed by atoms with E-state index in [1.807, 2.05) is 52.0 Å². The highest BCUT2D eigenvalue weighted by Gasteiger charge is 2.16. The Labute approximate surface area is 167 Å². The van der Waals surface area contributed by atoms with E-state index in [1.165, 1.54) is 6.92 Å². The lowest BCUT2D eigenvalue weighted by Gasteiger charge is -2.19. The molecule has 0 aromatic heterocycles. The van der Waals surface area contributed by atoms with Gasteiger partial charge in [-0.1, -0.05) is 12.1 Å². The van der Waals surface area contributed by atoms with Crippen molar-refractivity contribution in [2.45, 2.75) is 46.6 Å². The van der Waals surface area contributed by atoms with Gasteiger partial charge in [-0.25, -0.2) is 4.79 Å². The summed E-state index contributed by atoms with van der Waals surface area (Å²) < 4.78 is 5.23. The highest BCUT2D eigenvalue weighted by molar-refractivity contribution is 5.84. The van der Waals surface area contributed by atoms with Crippen LogP contribution in [0.4, 0.5) is 10.5 Å². The number of aliphatic imine (C=N–C) groups is 1. The lowest BCUT2D eigenvalue weighted by atomic mass is 10.1. The van der Waals surface area contributed by atoms with Gasteiger partial charge in [0.15, 0.2) is 5.96 Å². The van der Waals surface area contributed by atoms with Crippen LogP contribution in [-0.2, 0) is 16.0 Å². The van der Waals surface area contributed by atoms with Gasteiger partial charge in [0, 0.05) is 38.8 Å². The van der Waals surface area contributed by atoms with Gasteiger partial charge in [0.2, 0.25) is 5.91 Å². The maximum absolute atomic E-state index is 11.8. The molecule has 1 aromatic carbocycles. The van der Waals surface area contributed by atoms with Gasteiger partial charge in [0.1, 0.15) is 5.60 Å². The first-order chi connectivity index (χ1) is 13.2. The van der Waals surface area contributed by atoms with E-state index in [0.29, 0.717) is 25.3 Å². The SMILES string of the molecule is CCNC(=NCCc1ccc(NC(=O)OC(C)(C)C)cc1)NCCNC(C)=O. The van der Waals surface area contributed by atoms with Gasteiger partial charge in [-0.3, -0.25) is 15.1 Å². The van der Waals surface area contributed by atoms with Crippen LogP contribution in [0.25, 0.3) is 0 Å². The number of hydrogen-bond acceptors (Lipinski definition) is 4. The molecule has 1 aromatic rings. The number of amides is 2. The molecule has 0 atom stereocenters. The summed E-state index contributed by atoms with van der Waals surface area (Å²) in [6.07, 6.45) is 0.306. The first-order valence-corrected chi connectivity index (χ1v) is 9.55. The second-order valence-electron chi connectivity index (χ2n) is 7.24. The van der Waals surface area contributed by atoms with Crippen LogP contribution < -0.4 is 21.3 Å². The van der Waals surface area contributed by atoms with Crippen molar-refractivity contribution >= 4 is 23.6 Å². The fraction of sp³-hybridized carbons (Fsp3) is 0.550. The number of guanidine groups is 1. The second-order valence-corrected chi connectivity index (χ2v) is 7.24. The van der Waals surface area contributed by atoms with Crippen molar-refractivity contribution in [3.63, 3.8) is 0 Å². The van der Waals surface area contributed by atoms with E-state index in [4.69, 9.17) is 4.74 Å². The topological polar surface area (TPSA) is 104 Å². The van der Waals surface area contributed by atoms with Crippen LogP contribution in [0, 0.1) is 0 Å². The molecule has 8 nitrogen and oxygen atoms in total. The minimum atomic E-state index is -0.525. The molecule has 4 N–H and O–H groups in total. The number of nitrogens with zero attached hydrogens (tertiary/aromatic N) is 1. The van der Waals surface area contributed by atoms with Gasteiger partial charge in [-0.05, 0) is 51.8 Å². The number of carbonyl (C=O) groups excluding carboxylic acids is 2. The van der Waals surface area contributed by atoms with Crippen molar-refractivity contribution in [3.8, 4) is 0 Å². The molecule has 2 amide bonds. The second kappa shape index (κ2) is 11.8. The van der Waals surface area contributed by atoms with Crippen molar-refractivity contribution in [1.82, 2.24) is 16.0 Å². The average molecular weight is 392 g/mol. The van der Waals surface area contributed by atoms with Gasteiger partial charge >= 0.3 is 6.09 Å². The van der Waals surface area contributed by atoms with Crippen molar-refractivity contribution < 1.29 is 14.3 Å². The highest BCUT2D eigenvalue weighted by Crippen LogP contribution is 2.13. The van der Waals surface area contributed by atoms with Crippen LogP contribution in [0.2, 0.25) is 0 Å². The molecule has 156 valence electrons. The molecule has 0 spiro atoms. The predicted octanol–water partition coefficient (Wildman–Crippen LogP) is 2.27. The van der Waals surface area contributed by atoms with E-state index in [1.54, 1.807) is 0 Å². The first kappa shape index (κ1) is 23.3. The highest BCUT2D eigenvalue weighted by atomic mass is 16.6.